The van der Waals surface area contributed by atoms with Crippen LogP contribution >= 0.6 is 27.3 Å². The zero-order chi connectivity index (χ0) is 19.7. The standard InChI is InChI=1S/C21H13BrN2O3S/c22-14-8-5-12(6-9-14)15-11-28-20(18(15)21(26)27)24-19(25)17-10-7-13-3-1-2-4-16(13)23-17/h1-11H,(H,24,25)(H,26,27). The lowest BCUT2D eigenvalue weighted by Gasteiger charge is -2.07. The van der Waals surface area contributed by atoms with Crippen LogP contribution in [0.1, 0.15) is 20.8 Å². The van der Waals surface area contributed by atoms with Gasteiger partial charge in [-0.15, -0.1) is 11.3 Å². The van der Waals surface area contributed by atoms with Crippen molar-refractivity contribution in [3.63, 3.8) is 0 Å². The topological polar surface area (TPSA) is 79.3 Å². The van der Waals surface area contributed by atoms with Crippen molar-refractivity contribution in [2.24, 2.45) is 0 Å². The molecule has 7 heteroatoms. The number of nitrogens with zero attached hydrogens (tertiary/aromatic N) is 1. The Balaban J connectivity index is 1.68. The molecule has 0 saturated carbocycles. The Hall–Kier alpha value is -3.03. The average Bonchev–Trinajstić information content (AvgIpc) is 3.12. The summed E-state index contributed by atoms with van der Waals surface area (Å²) in [5, 5.41) is 15.4. The number of hydrogen-bond donors (Lipinski definition) is 2. The van der Waals surface area contributed by atoms with Crippen molar-refractivity contribution in [1.29, 1.82) is 0 Å². The molecule has 2 aromatic heterocycles. The number of thiophene rings is 1. The molecule has 0 spiro atoms. The van der Waals surface area contributed by atoms with E-state index in [1.54, 1.807) is 11.4 Å². The van der Waals surface area contributed by atoms with Gasteiger partial charge in [0.15, 0.2) is 0 Å². The second-order valence-corrected chi connectivity index (χ2v) is 7.80. The zero-order valence-electron chi connectivity index (χ0n) is 14.3. The molecular formula is C21H13BrN2O3S. The molecule has 0 unspecified atom stereocenters. The summed E-state index contributed by atoms with van der Waals surface area (Å²) in [5.74, 6) is -1.54. The highest BCUT2D eigenvalue weighted by Crippen LogP contribution is 2.36. The molecule has 0 saturated heterocycles. The number of carboxylic acid groups (broad SMARTS) is 1. The number of carboxylic acids is 1. The van der Waals surface area contributed by atoms with Crippen molar-refractivity contribution < 1.29 is 14.7 Å². The summed E-state index contributed by atoms with van der Waals surface area (Å²) in [7, 11) is 0. The van der Waals surface area contributed by atoms with E-state index in [-0.39, 0.29) is 16.3 Å². The lowest BCUT2D eigenvalue weighted by molar-refractivity contribution is 0.0699. The number of benzene rings is 2. The number of rotatable bonds is 4. The lowest BCUT2D eigenvalue weighted by atomic mass is 10.0. The Bertz CT molecular complexity index is 1200. The highest BCUT2D eigenvalue weighted by Gasteiger charge is 2.22. The predicted octanol–water partition coefficient (Wildman–Crippen LogP) is 5.68. The number of carbonyl (C=O) groups excluding carboxylic acids is 1. The van der Waals surface area contributed by atoms with Gasteiger partial charge in [-0.1, -0.05) is 52.3 Å². The second-order valence-electron chi connectivity index (χ2n) is 6.01. The maximum Gasteiger partial charge on any atom is 0.339 e. The number of carbonyl (C=O) groups is 2. The van der Waals surface area contributed by atoms with Gasteiger partial charge in [0.2, 0.25) is 0 Å². The van der Waals surface area contributed by atoms with Gasteiger partial charge in [0.05, 0.1) is 5.52 Å². The minimum Gasteiger partial charge on any atom is -0.478 e. The third kappa shape index (κ3) is 3.54. The Kier molecular flexibility index (Phi) is 4.93. The number of anilines is 1. The van der Waals surface area contributed by atoms with Crippen molar-refractivity contribution in [2.75, 3.05) is 5.32 Å². The second kappa shape index (κ2) is 7.53. The van der Waals surface area contributed by atoms with Gasteiger partial charge in [-0.05, 0) is 29.8 Å². The van der Waals surface area contributed by atoms with E-state index in [9.17, 15) is 14.7 Å². The van der Waals surface area contributed by atoms with Gasteiger partial charge in [0.1, 0.15) is 16.3 Å². The molecule has 0 fully saturated rings. The van der Waals surface area contributed by atoms with Crippen molar-refractivity contribution in [2.45, 2.75) is 0 Å². The first-order valence-electron chi connectivity index (χ1n) is 8.31. The maximum absolute atomic E-state index is 12.7. The van der Waals surface area contributed by atoms with Gasteiger partial charge in [0, 0.05) is 20.8 Å². The van der Waals surface area contributed by atoms with Crippen LogP contribution in [0.3, 0.4) is 0 Å². The summed E-state index contributed by atoms with van der Waals surface area (Å²) in [4.78, 5) is 28.9. The number of para-hydroxylation sites is 1. The SMILES string of the molecule is O=C(Nc1scc(-c2ccc(Br)cc2)c1C(=O)O)c1ccc2ccccc2n1. The number of halogens is 1. The summed E-state index contributed by atoms with van der Waals surface area (Å²) in [5.41, 5.74) is 2.33. The van der Waals surface area contributed by atoms with E-state index in [1.807, 2.05) is 54.6 Å². The summed E-state index contributed by atoms with van der Waals surface area (Å²) in [6, 6.07) is 18.3. The zero-order valence-corrected chi connectivity index (χ0v) is 16.8. The molecule has 2 heterocycles. The average molecular weight is 453 g/mol. The Labute approximate surface area is 172 Å². The van der Waals surface area contributed by atoms with Gasteiger partial charge < -0.3 is 10.4 Å². The van der Waals surface area contributed by atoms with Crippen LogP contribution in [0.25, 0.3) is 22.0 Å². The van der Waals surface area contributed by atoms with Crippen LogP contribution in [0.2, 0.25) is 0 Å². The molecule has 2 N–H and O–H groups in total. The maximum atomic E-state index is 12.7. The third-order valence-corrected chi connectivity index (χ3v) is 5.64. The number of hydrogen-bond acceptors (Lipinski definition) is 4. The van der Waals surface area contributed by atoms with E-state index >= 15 is 0 Å². The summed E-state index contributed by atoms with van der Waals surface area (Å²) in [6.45, 7) is 0. The highest BCUT2D eigenvalue weighted by atomic mass is 79.9. The Morgan fingerprint density at radius 1 is 1.00 bits per heavy atom. The molecule has 0 atom stereocenters. The van der Waals surface area contributed by atoms with Crippen LogP contribution in [0.15, 0.2) is 70.5 Å². The first kappa shape index (κ1) is 18.3. The third-order valence-electron chi connectivity index (χ3n) is 4.22. The van der Waals surface area contributed by atoms with Gasteiger partial charge >= 0.3 is 5.97 Å². The minimum absolute atomic E-state index is 0.0708. The molecule has 138 valence electrons. The van der Waals surface area contributed by atoms with E-state index in [4.69, 9.17) is 0 Å². The van der Waals surface area contributed by atoms with Gasteiger partial charge in [0.25, 0.3) is 5.91 Å². The van der Waals surface area contributed by atoms with Crippen LogP contribution in [-0.2, 0) is 0 Å². The number of pyridine rings is 1. The predicted molar refractivity (Wildman–Crippen MR) is 114 cm³/mol. The van der Waals surface area contributed by atoms with E-state index in [1.165, 1.54) is 11.3 Å². The van der Waals surface area contributed by atoms with Crippen LogP contribution in [-0.4, -0.2) is 22.0 Å². The molecule has 0 aliphatic heterocycles. The molecule has 28 heavy (non-hydrogen) atoms. The molecule has 5 nitrogen and oxygen atoms in total. The molecule has 1 amide bonds. The molecule has 4 aromatic rings. The van der Waals surface area contributed by atoms with Crippen molar-refractivity contribution in [3.05, 3.63) is 81.8 Å². The number of nitrogens with one attached hydrogen (secondary N) is 1. The van der Waals surface area contributed by atoms with Gasteiger partial charge in [-0.2, -0.15) is 0 Å². The summed E-state index contributed by atoms with van der Waals surface area (Å²) < 4.78 is 0.902. The normalized spacial score (nSPS) is 10.8. The summed E-state index contributed by atoms with van der Waals surface area (Å²) in [6.07, 6.45) is 0. The molecular weight excluding hydrogens is 440 g/mol. The van der Waals surface area contributed by atoms with Crippen molar-refractivity contribution in [1.82, 2.24) is 4.98 Å². The Morgan fingerprint density at radius 2 is 1.75 bits per heavy atom. The Morgan fingerprint density at radius 3 is 2.50 bits per heavy atom. The van der Waals surface area contributed by atoms with Gasteiger partial charge in [-0.25, -0.2) is 9.78 Å². The number of fused-ring (bicyclic) bond motifs is 1. The fourth-order valence-electron chi connectivity index (χ4n) is 2.86. The molecule has 0 aliphatic carbocycles. The van der Waals surface area contributed by atoms with Gasteiger partial charge in [-0.3, -0.25) is 4.79 Å². The van der Waals surface area contributed by atoms with Crippen LogP contribution in [0, 0.1) is 0 Å². The minimum atomic E-state index is -1.10. The molecule has 0 radical (unpaired) electrons. The van der Waals surface area contributed by atoms with Crippen LogP contribution < -0.4 is 5.32 Å². The molecule has 4 rings (SSSR count). The van der Waals surface area contributed by atoms with E-state index in [0.29, 0.717) is 11.1 Å². The number of aromatic nitrogens is 1. The van der Waals surface area contributed by atoms with E-state index in [2.05, 4.69) is 26.2 Å². The fraction of sp³-hybridized carbons (Fsp3) is 0. The fourth-order valence-corrected chi connectivity index (χ4v) is 4.08. The monoisotopic (exact) mass is 452 g/mol. The molecule has 0 bridgehead atoms. The number of aromatic carboxylic acids is 1. The summed E-state index contributed by atoms with van der Waals surface area (Å²) >= 11 is 4.55. The first-order valence-corrected chi connectivity index (χ1v) is 9.98. The quantitative estimate of drug-likeness (QED) is 0.417. The van der Waals surface area contributed by atoms with Crippen molar-refractivity contribution >= 4 is 55.0 Å². The highest BCUT2D eigenvalue weighted by molar-refractivity contribution is 9.10. The smallest absolute Gasteiger partial charge is 0.339 e. The van der Waals surface area contributed by atoms with E-state index < -0.39 is 11.9 Å². The van der Waals surface area contributed by atoms with E-state index in [0.717, 1.165) is 15.4 Å². The number of amides is 1. The lowest BCUT2D eigenvalue weighted by Crippen LogP contribution is -2.15. The van der Waals surface area contributed by atoms with Crippen LogP contribution in [0.4, 0.5) is 5.00 Å². The van der Waals surface area contributed by atoms with Crippen LogP contribution in [0.5, 0.6) is 0 Å². The van der Waals surface area contributed by atoms with Crippen molar-refractivity contribution in [3.8, 4) is 11.1 Å². The molecule has 0 aliphatic rings. The molecule has 2 aromatic carbocycles. The largest absolute Gasteiger partial charge is 0.478 e. The first-order chi connectivity index (χ1) is 13.5.